The molecule has 0 spiro atoms. The lowest BCUT2D eigenvalue weighted by Crippen LogP contribution is -2.66. The third-order valence-electron chi connectivity index (χ3n) is 10.3. The van der Waals surface area contributed by atoms with Crippen molar-refractivity contribution >= 4 is 5.97 Å². The summed E-state index contributed by atoms with van der Waals surface area (Å²) in [7, 11) is 0. The van der Waals surface area contributed by atoms with Crippen LogP contribution in [0.1, 0.15) is 79.1 Å². The molecule has 1 saturated heterocycles. The van der Waals surface area contributed by atoms with Crippen LogP contribution in [0, 0.1) is 34.0 Å². The van der Waals surface area contributed by atoms with E-state index in [1.54, 1.807) is 0 Å². The van der Waals surface area contributed by atoms with E-state index >= 15 is 0 Å². The number of rotatable bonds is 1. The molecule has 168 valence electrons. The summed E-state index contributed by atoms with van der Waals surface area (Å²) in [6.45, 7) is 10.2. The maximum atomic E-state index is 11.7. The molecular formula is C25H38O5. The highest BCUT2D eigenvalue weighted by atomic mass is 16.6. The summed E-state index contributed by atoms with van der Waals surface area (Å²) >= 11 is 0. The van der Waals surface area contributed by atoms with E-state index in [0.717, 1.165) is 25.2 Å². The largest absolute Gasteiger partial charge is 0.429 e. The maximum absolute atomic E-state index is 11.7. The Hall–Kier alpha value is -0.910. The van der Waals surface area contributed by atoms with Crippen molar-refractivity contribution in [2.75, 3.05) is 6.61 Å². The van der Waals surface area contributed by atoms with Crippen LogP contribution in [0.15, 0.2) is 11.6 Å². The van der Waals surface area contributed by atoms with Gasteiger partial charge in [0.1, 0.15) is 0 Å². The number of esters is 1. The Morgan fingerprint density at radius 2 is 1.67 bits per heavy atom. The summed E-state index contributed by atoms with van der Waals surface area (Å²) in [4.78, 5) is 11.6. The average molecular weight is 419 g/mol. The van der Waals surface area contributed by atoms with E-state index in [1.807, 2.05) is 0 Å². The first-order valence-electron chi connectivity index (χ1n) is 11.9. The van der Waals surface area contributed by atoms with Crippen molar-refractivity contribution in [3.05, 3.63) is 11.6 Å². The zero-order valence-electron chi connectivity index (χ0n) is 18.9. The highest BCUT2D eigenvalue weighted by Gasteiger charge is 2.66. The van der Waals surface area contributed by atoms with Crippen LogP contribution in [-0.4, -0.2) is 40.8 Å². The van der Waals surface area contributed by atoms with E-state index in [1.165, 1.54) is 31.8 Å². The second-order valence-corrected chi connectivity index (χ2v) is 12.2. The number of hydrogen-bond acceptors (Lipinski definition) is 5. The van der Waals surface area contributed by atoms with E-state index in [9.17, 15) is 15.0 Å². The fraction of sp³-hybridized carbons (Fsp3) is 0.880. The smallest absolute Gasteiger partial charge is 0.333 e. The normalized spacial score (nSPS) is 52.5. The zero-order chi connectivity index (χ0) is 21.5. The molecule has 4 fully saturated rings. The van der Waals surface area contributed by atoms with E-state index < -0.39 is 17.9 Å². The van der Waals surface area contributed by atoms with Gasteiger partial charge in [-0.3, -0.25) is 0 Å². The quantitative estimate of drug-likeness (QED) is 0.630. The molecule has 0 bridgehead atoms. The fourth-order valence-electron chi connectivity index (χ4n) is 9.04. The van der Waals surface area contributed by atoms with Crippen LogP contribution in [0.5, 0.6) is 0 Å². The van der Waals surface area contributed by atoms with Crippen LogP contribution in [0.4, 0.5) is 0 Å². The topological polar surface area (TPSA) is 76.0 Å². The number of hydrogen-bond donors (Lipinski definition) is 2. The Morgan fingerprint density at radius 3 is 2.37 bits per heavy atom. The molecule has 5 rings (SSSR count). The molecule has 5 aliphatic rings. The average Bonchev–Trinajstić information content (AvgIpc) is 2.98. The molecular weight excluding hydrogens is 380 g/mol. The van der Waals surface area contributed by atoms with Crippen LogP contribution < -0.4 is 0 Å². The molecule has 0 unspecified atom stereocenters. The Bertz CT molecular complexity index is 774. The van der Waals surface area contributed by atoms with Crippen molar-refractivity contribution < 1.29 is 24.5 Å². The van der Waals surface area contributed by atoms with Crippen LogP contribution in [0.25, 0.3) is 0 Å². The van der Waals surface area contributed by atoms with Gasteiger partial charge < -0.3 is 19.7 Å². The summed E-state index contributed by atoms with van der Waals surface area (Å²) < 4.78 is 10.9. The minimum absolute atomic E-state index is 0.0443. The minimum atomic E-state index is -1.21. The fourth-order valence-corrected chi connectivity index (χ4v) is 9.04. The van der Waals surface area contributed by atoms with Crippen molar-refractivity contribution in [3.63, 3.8) is 0 Å². The Labute approximate surface area is 180 Å². The van der Waals surface area contributed by atoms with Crippen LogP contribution in [0.2, 0.25) is 0 Å². The molecule has 0 aromatic heterocycles. The molecule has 0 aromatic carbocycles. The Kier molecular flexibility index (Phi) is 4.58. The first-order chi connectivity index (χ1) is 14.0. The molecule has 0 aromatic rings. The highest BCUT2D eigenvalue weighted by Crippen LogP contribution is 2.70. The monoisotopic (exact) mass is 418 g/mol. The summed E-state index contributed by atoms with van der Waals surface area (Å²) in [5, 5.41) is 21.8. The van der Waals surface area contributed by atoms with Crippen molar-refractivity contribution in [2.24, 2.45) is 34.0 Å². The second kappa shape index (κ2) is 6.55. The van der Waals surface area contributed by atoms with Gasteiger partial charge in [-0.2, -0.15) is 0 Å². The number of aliphatic hydroxyl groups is 2. The highest BCUT2D eigenvalue weighted by molar-refractivity contribution is 5.85. The molecule has 8 atom stereocenters. The minimum Gasteiger partial charge on any atom is -0.429 e. The van der Waals surface area contributed by atoms with Gasteiger partial charge >= 0.3 is 5.97 Å². The van der Waals surface area contributed by atoms with Gasteiger partial charge in [-0.15, -0.1) is 0 Å². The third kappa shape index (κ3) is 2.80. The molecule has 2 heterocycles. The standard InChI is InChI=1S/C25H38O5/c1-22(2)8-5-9-23(3)17(22)6-10-24(4)18(23)7-11-25(28)14-29-16(13-19(24)25)15-12-20(26)30-21(15)27/h12,16-19,21,27-28H,5-11,13-14H2,1-4H3/t16-,17+,18+,19+,21-,23+,24-,25-/m1/s1. The van der Waals surface area contributed by atoms with Gasteiger partial charge in [0.2, 0.25) is 6.29 Å². The number of carbonyl (C=O) groups is 1. The van der Waals surface area contributed by atoms with E-state index in [0.29, 0.717) is 28.7 Å². The predicted molar refractivity (Wildman–Crippen MR) is 112 cm³/mol. The number of ether oxygens (including phenoxy) is 2. The number of cyclic esters (lactones) is 1. The number of fused-ring (bicyclic) bond motifs is 5. The SMILES string of the molecule is CC1(C)CCC[C@]2(C)[C@@H]3CC[C@@]4(O)CO[C@@H](C5=CC(=O)O[C@H]5O)C[C@H]4[C@]3(C)CC[C@@H]12. The van der Waals surface area contributed by atoms with Crippen molar-refractivity contribution in [3.8, 4) is 0 Å². The third-order valence-corrected chi connectivity index (χ3v) is 10.3. The van der Waals surface area contributed by atoms with E-state index in [-0.39, 0.29) is 24.0 Å². The summed E-state index contributed by atoms with van der Waals surface area (Å²) in [5.74, 6) is 0.929. The first kappa shape index (κ1) is 21.0. The molecule has 0 amide bonds. The van der Waals surface area contributed by atoms with Gasteiger partial charge in [-0.05, 0) is 78.9 Å². The lowest BCUT2D eigenvalue weighted by molar-refractivity contribution is -0.255. The molecule has 2 aliphatic heterocycles. The molecule has 5 heteroatoms. The van der Waals surface area contributed by atoms with Crippen molar-refractivity contribution in [2.45, 2.75) is 97.1 Å². The van der Waals surface area contributed by atoms with Crippen LogP contribution in [0.3, 0.4) is 0 Å². The van der Waals surface area contributed by atoms with Gasteiger partial charge in [-0.25, -0.2) is 4.79 Å². The lowest BCUT2D eigenvalue weighted by atomic mass is 9.37. The van der Waals surface area contributed by atoms with Crippen molar-refractivity contribution in [1.82, 2.24) is 0 Å². The van der Waals surface area contributed by atoms with Gasteiger partial charge in [-0.1, -0.05) is 34.1 Å². The van der Waals surface area contributed by atoms with Gasteiger partial charge in [0.05, 0.1) is 18.3 Å². The summed E-state index contributed by atoms with van der Waals surface area (Å²) in [5.41, 5.74) is 0.449. The first-order valence-corrected chi connectivity index (χ1v) is 11.9. The molecule has 3 aliphatic carbocycles. The molecule has 3 saturated carbocycles. The molecule has 2 N–H and O–H groups in total. The Balaban J connectivity index is 1.48. The maximum Gasteiger partial charge on any atom is 0.333 e. The van der Waals surface area contributed by atoms with Gasteiger partial charge in [0.25, 0.3) is 0 Å². The summed E-state index contributed by atoms with van der Waals surface area (Å²) in [6.07, 6.45) is 8.56. The van der Waals surface area contributed by atoms with Gasteiger partial charge in [0.15, 0.2) is 0 Å². The number of aliphatic hydroxyl groups excluding tert-OH is 1. The second-order valence-electron chi connectivity index (χ2n) is 12.2. The van der Waals surface area contributed by atoms with Crippen LogP contribution >= 0.6 is 0 Å². The van der Waals surface area contributed by atoms with Crippen molar-refractivity contribution in [1.29, 1.82) is 0 Å². The molecule has 0 radical (unpaired) electrons. The number of carbonyl (C=O) groups excluding carboxylic acids is 1. The molecule has 5 nitrogen and oxygen atoms in total. The zero-order valence-corrected chi connectivity index (χ0v) is 18.9. The van der Waals surface area contributed by atoms with E-state index in [2.05, 4.69) is 27.7 Å². The Morgan fingerprint density at radius 1 is 0.967 bits per heavy atom. The van der Waals surface area contributed by atoms with Gasteiger partial charge in [0, 0.05) is 11.6 Å². The predicted octanol–water partition coefficient (Wildman–Crippen LogP) is 3.97. The lowest BCUT2D eigenvalue weighted by Gasteiger charge is -2.68. The summed E-state index contributed by atoms with van der Waals surface area (Å²) in [6, 6.07) is 0. The molecule has 30 heavy (non-hydrogen) atoms. The van der Waals surface area contributed by atoms with E-state index in [4.69, 9.17) is 9.47 Å². The van der Waals surface area contributed by atoms with Crippen LogP contribution in [-0.2, 0) is 14.3 Å².